The smallest absolute Gasteiger partial charge is 0.140 e. The summed E-state index contributed by atoms with van der Waals surface area (Å²) < 4.78 is 26.4. The van der Waals surface area contributed by atoms with E-state index in [1.165, 1.54) is 23.9 Å². The first kappa shape index (κ1) is 15.9. The van der Waals surface area contributed by atoms with Crippen molar-refractivity contribution < 1.29 is 8.78 Å². The third-order valence-electron chi connectivity index (χ3n) is 2.79. The quantitative estimate of drug-likeness (QED) is 0.863. The summed E-state index contributed by atoms with van der Waals surface area (Å²) in [6, 6.07) is 7.36. The van der Waals surface area contributed by atoms with Gasteiger partial charge in [-0.25, -0.2) is 13.8 Å². The van der Waals surface area contributed by atoms with Crippen molar-refractivity contribution in [2.75, 3.05) is 6.54 Å². The third-order valence-corrected chi connectivity index (χ3v) is 3.79. The molecule has 2 aromatic rings. The fourth-order valence-corrected chi connectivity index (χ4v) is 2.51. The number of halogens is 2. The average molecular weight is 308 g/mol. The van der Waals surface area contributed by atoms with E-state index in [0.717, 1.165) is 24.7 Å². The zero-order chi connectivity index (χ0) is 15.2. The first-order valence-corrected chi connectivity index (χ1v) is 7.65. The van der Waals surface area contributed by atoms with Crippen LogP contribution in [0.15, 0.2) is 46.5 Å². The van der Waals surface area contributed by atoms with Gasteiger partial charge in [0.1, 0.15) is 16.7 Å². The molecule has 1 N–H and O–H groups in total. The highest BCUT2D eigenvalue weighted by Gasteiger charge is 2.06. The Labute approximate surface area is 128 Å². The number of rotatable bonds is 6. The molecule has 0 saturated heterocycles. The SMILES string of the molecule is CC(C)CNCc1ccc(Sc2ccc(F)cc2F)nc1. The van der Waals surface area contributed by atoms with Gasteiger partial charge in [-0.2, -0.15) is 0 Å². The molecule has 0 aliphatic heterocycles. The van der Waals surface area contributed by atoms with Crippen molar-refractivity contribution in [3.63, 3.8) is 0 Å². The molecule has 5 heteroatoms. The number of hydrogen-bond donors (Lipinski definition) is 1. The third kappa shape index (κ3) is 5.10. The molecule has 0 bridgehead atoms. The van der Waals surface area contributed by atoms with E-state index in [-0.39, 0.29) is 0 Å². The molecular formula is C16H18F2N2S. The molecular weight excluding hydrogens is 290 g/mol. The predicted molar refractivity (Wildman–Crippen MR) is 81.3 cm³/mol. The Hall–Kier alpha value is -1.46. The molecule has 21 heavy (non-hydrogen) atoms. The van der Waals surface area contributed by atoms with Crippen LogP contribution in [0.2, 0.25) is 0 Å². The van der Waals surface area contributed by atoms with Gasteiger partial charge in [-0.3, -0.25) is 0 Å². The summed E-state index contributed by atoms with van der Waals surface area (Å²) in [6.45, 7) is 6.03. The zero-order valence-electron chi connectivity index (χ0n) is 12.1. The highest BCUT2D eigenvalue weighted by molar-refractivity contribution is 7.99. The summed E-state index contributed by atoms with van der Waals surface area (Å²) in [5.74, 6) is -0.532. The second kappa shape index (κ2) is 7.52. The largest absolute Gasteiger partial charge is 0.312 e. The summed E-state index contributed by atoms with van der Waals surface area (Å²) in [5.41, 5.74) is 1.08. The second-order valence-corrected chi connectivity index (χ2v) is 6.27. The second-order valence-electron chi connectivity index (χ2n) is 5.21. The normalized spacial score (nSPS) is 11.1. The van der Waals surface area contributed by atoms with Crippen LogP contribution in [-0.2, 0) is 6.54 Å². The number of aromatic nitrogens is 1. The fourth-order valence-electron chi connectivity index (χ4n) is 1.75. The van der Waals surface area contributed by atoms with Crippen molar-refractivity contribution in [2.45, 2.75) is 30.3 Å². The average Bonchev–Trinajstić information content (AvgIpc) is 2.43. The van der Waals surface area contributed by atoms with Crippen LogP contribution in [0.25, 0.3) is 0 Å². The molecule has 0 aliphatic carbocycles. The number of benzene rings is 1. The maximum atomic E-state index is 13.6. The minimum Gasteiger partial charge on any atom is -0.312 e. The Morgan fingerprint density at radius 3 is 2.62 bits per heavy atom. The molecule has 0 atom stereocenters. The molecule has 0 fully saturated rings. The van der Waals surface area contributed by atoms with Crippen LogP contribution in [0.3, 0.4) is 0 Å². The molecule has 0 radical (unpaired) electrons. The van der Waals surface area contributed by atoms with E-state index in [1.54, 1.807) is 6.20 Å². The number of hydrogen-bond acceptors (Lipinski definition) is 3. The van der Waals surface area contributed by atoms with Crippen LogP contribution < -0.4 is 5.32 Å². The van der Waals surface area contributed by atoms with Gasteiger partial charge in [-0.1, -0.05) is 31.7 Å². The highest BCUT2D eigenvalue weighted by atomic mass is 32.2. The summed E-state index contributed by atoms with van der Waals surface area (Å²) in [7, 11) is 0. The van der Waals surface area contributed by atoms with Crippen LogP contribution in [0.1, 0.15) is 19.4 Å². The number of nitrogens with zero attached hydrogens (tertiary/aromatic N) is 1. The van der Waals surface area contributed by atoms with Crippen molar-refractivity contribution in [3.05, 3.63) is 53.7 Å². The number of nitrogens with one attached hydrogen (secondary N) is 1. The molecule has 1 aromatic heterocycles. The molecule has 0 saturated carbocycles. The lowest BCUT2D eigenvalue weighted by molar-refractivity contribution is 0.551. The number of pyridine rings is 1. The van der Waals surface area contributed by atoms with E-state index in [2.05, 4.69) is 24.1 Å². The standard InChI is InChI=1S/C16H18F2N2S/c1-11(2)8-19-9-12-3-6-16(20-10-12)21-15-5-4-13(17)7-14(15)18/h3-7,10-11,19H,8-9H2,1-2H3. The summed E-state index contributed by atoms with van der Waals surface area (Å²) in [6.07, 6.45) is 1.77. The van der Waals surface area contributed by atoms with Crippen molar-refractivity contribution in [1.82, 2.24) is 10.3 Å². The lowest BCUT2D eigenvalue weighted by Gasteiger charge is -2.08. The van der Waals surface area contributed by atoms with Crippen molar-refractivity contribution >= 4 is 11.8 Å². The van der Waals surface area contributed by atoms with E-state index in [4.69, 9.17) is 0 Å². The lowest BCUT2D eigenvalue weighted by atomic mass is 10.2. The predicted octanol–water partition coefficient (Wildman–Crippen LogP) is 4.26. The fraction of sp³-hybridized carbons (Fsp3) is 0.312. The van der Waals surface area contributed by atoms with Gasteiger partial charge in [0.15, 0.2) is 0 Å². The van der Waals surface area contributed by atoms with Crippen LogP contribution in [0.4, 0.5) is 8.78 Å². The molecule has 0 aliphatic rings. The van der Waals surface area contributed by atoms with Gasteiger partial charge >= 0.3 is 0 Å². The van der Waals surface area contributed by atoms with Gasteiger partial charge in [-0.15, -0.1) is 0 Å². The van der Waals surface area contributed by atoms with Crippen LogP contribution in [0.5, 0.6) is 0 Å². The van der Waals surface area contributed by atoms with Gasteiger partial charge in [0.25, 0.3) is 0 Å². The highest BCUT2D eigenvalue weighted by Crippen LogP contribution is 2.28. The van der Waals surface area contributed by atoms with Crippen LogP contribution >= 0.6 is 11.8 Å². The molecule has 0 spiro atoms. The Balaban J connectivity index is 1.95. The Morgan fingerprint density at radius 2 is 2.00 bits per heavy atom. The van der Waals surface area contributed by atoms with Gasteiger partial charge in [-0.05, 0) is 36.2 Å². The Morgan fingerprint density at radius 1 is 1.19 bits per heavy atom. The molecule has 2 rings (SSSR count). The minimum absolute atomic E-state index is 0.370. The van der Waals surface area contributed by atoms with E-state index < -0.39 is 11.6 Å². The van der Waals surface area contributed by atoms with Crippen molar-refractivity contribution in [2.24, 2.45) is 5.92 Å². The maximum Gasteiger partial charge on any atom is 0.140 e. The minimum atomic E-state index is -0.573. The molecule has 1 heterocycles. The summed E-state index contributed by atoms with van der Waals surface area (Å²) in [4.78, 5) is 4.67. The van der Waals surface area contributed by atoms with Crippen LogP contribution in [0, 0.1) is 17.6 Å². The van der Waals surface area contributed by atoms with Crippen LogP contribution in [-0.4, -0.2) is 11.5 Å². The monoisotopic (exact) mass is 308 g/mol. The van der Waals surface area contributed by atoms with E-state index >= 15 is 0 Å². The van der Waals surface area contributed by atoms with Crippen molar-refractivity contribution in [1.29, 1.82) is 0 Å². The topological polar surface area (TPSA) is 24.9 Å². The molecule has 0 amide bonds. The molecule has 112 valence electrons. The summed E-state index contributed by atoms with van der Waals surface area (Å²) >= 11 is 1.19. The Bertz CT molecular complexity index is 585. The first-order valence-electron chi connectivity index (χ1n) is 6.83. The van der Waals surface area contributed by atoms with Crippen molar-refractivity contribution in [3.8, 4) is 0 Å². The first-order chi connectivity index (χ1) is 10.0. The Kier molecular flexibility index (Phi) is 5.70. The lowest BCUT2D eigenvalue weighted by Crippen LogP contribution is -2.18. The summed E-state index contributed by atoms with van der Waals surface area (Å²) in [5, 5.41) is 4.03. The molecule has 1 aromatic carbocycles. The molecule has 2 nitrogen and oxygen atoms in total. The maximum absolute atomic E-state index is 13.6. The van der Waals surface area contributed by atoms with E-state index in [0.29, 0.717) is 15.8 Å². The van der Waals surface area contributed by atoms with E-state index in [9.17, 15) is 8.78 Å². The van der Waals surface area contributed by atoms with Gasteiger partial charge in [0, 0.05) is 23.7 Å². The van der Waals surface area contributed by atoms with E-state index in [1.807, 2.05) is 12.1 Å². The van der Waals surface area contributed by atoms with Gasteiger partial charge < -0.3 is 5.32 Å². The van der Waals surface area contributed by atoms with Gasteiger partial charge in [0.2, 0.25) is 0 Å². The van der Waals surface area contributed by atoms with Gasteiger partial charge in [0.05, 0.1) is 0 Å². The molecule has 0 unspecified atom stereocenters. The zero-order valence-corrected chi connectivity index (χ0v) is 12.9.